The molecule has 0 unspecified atom stereocenters. The molecule has 2 nitrogen and oxygen atoms in total. The van der Waals surface area contributed by atoms with Crippen molar-refractivity contribution in [1.82, 2.24) is 9.97 Å². The molecule has 1 aliphatic carbocycles. The van der Waals surface area contributed by atoms with E-state index in [4.69, 9.17) is 9.97 Å². The molecule has 9 aromatic carbocycles. The summed E-state index contributed by atoms with van der Waals surface area (Å²) in [6.45, 7) is 4.76. The maximum atomic E-state index is 5.26. The van der Waals surface area contributed by atoms with Gasteiger partial charge in [-0.15, -0.1) is 0 Å². The van der Waals surface area contributed by atoms with Crippen molar-refractivity contribution in [3.05, 3.63) is 217 Å². The lowest BCUT2D eigenvalue weighted by molar-refractivity contribution is 0.666. The van der Waals surface area contributed by atoms with Crippen molar-refractivity contribution in [2.45, 2.75) is 19.3 Å². The van der Waals surface area contributed by atoms with Gasteiger partial charge < -0.3 is 0 Å². The van der Waals surface area contributed by atoms with Gasteiger partial charge >= 0.3 is 0 Å². The average molecular weight is 753 g/mol. The van der Waals surface area contributed by atoms with Crippen molar-refractivity contribution in [2.75, 3.05) is 0 Å². The van der Waals surface area contributed by atoms with Crippen LogP contribution in [0.4, 0.5) is 0 Å². The highest BCUT2D eigenvalue weighted by Gasteiger charge is 2.38. The minimum absolute atomic E-state index is 0.114. The summed E-state index contributed by atoms with van der Waals surface area (Å²) in [5.41, 5.74) is 17.5. The molecule has 0 N–H and O–H groups in total. The Hall–Kier alpha value is -7.42. The van der Waals surface area contributed by atoms with Crippen LogP contribution < -0.4 is 0 Å². The minimum atomic E-state index is -0.114. The van der Waals surface area contributed by atoms with E-state index in [0.717, 1.165) is 39.0 Å². The molecule has 1 heterocycles. The summed E-state index contributed by atoms with van der Waals surface area (Å²) >= 11 is 0. The number of hydrogen-bond acceptors (Lipinski definition) is 2. The second kappa shape index (κ2) is 13.9. The van der Waals surface area contributed by atoms with Crippen molar-refractivity contribution in [3.63, 3.8) is 0 Å². The van der Waals surface area contributed by atoms with Crippen LogP contribution in [0, 0.1) is 0 Å². The first-order valence-electron chi connectivity index (χ1n) is 20.4. The average Bonchev–Trinajstić information content (AvgIpc) is 3.55. The van der Waals surface area contributed by atoms with Crippen LogP contribution in [0.2, 0.25) is 0 Å². The number of benzene rings is 9. The van der Waals surface area contributed by atoms with Crippen molar-refractivity contribution in [3.8, 4) is 78.4 Å². The molecule has 0 bridgehead atoms. The van der Waals surface area contributed by atoms with E-state index in [1.165, 1.54) is 66.2 Å². The predicted octanol–water partition coefficient (Wildman–Crippen LogP) is 15.1. The molecular formula is C57H40N2. The zero-order valence-corrected chi connectivity index (χ0v) is 33.0. The molecule has 0 amide bonds. The SMILES string of the molecule is CC1(C)c2cccc(-c3cccc(-c4ccc(-c5cc(-c6cccc(-c7ccccc7)c6)nc(-c6ccccc6)n5)c5ccccc45)c3)c2-c2ccc3ccccc3c21. The highest BCUT2D eigenvalue weighted by molar-refractivity contribution is 6.06. The van der Waals surface area contributed by atoms with Crippen LogP contribution in [0.25, 0.3) is 100.0 Å². The summed E-state index contributed by atoms with van der Waals surface area (Å²) in [4.78, 5) is 10.4. The van der Waals surface area contributed by atoms with Crippen LogP contribution in [0.5, 0.6) is 0 Å². The van der Waals surface area contributed by atoms with E-state index in [1.807, 2.05) is 18.2 Å². The number of nitrogens with zero attached hydrogens (tertiary/aromatic N) is 2. The van der Waals surface area contributed by atoms with Crippen LogP contribution >= 0.6 is 0 Å². The maximum Gasteiger partial charge on any atom is 0.160 e. The number of aromatic nitrogens is 2. The normalized spacial score (nSPS) is 12.7. The third-order valence-electron chi connectivity index (χ3n) is 12.3. The van der Waals surface area contributed by atoms with Crippen LogP contribution in [-0.4, -0.2) is 9.97 Å². The third kappa shape index (κ3) is 5.87. The van der Waals surface area contributed by atoms with E-state index in [2.05, 4.69) is 202 Å². The summed E-state index contributed by atoms with van der Waals surface area (Å²) in [5.74, 6) is 0.706. The largest absolute Gasteiger partial charge is 0.228 e. The minimum Gasteiger partial charge on any atom is -0.228 e. The van der Waals surface area contributed by atoms with Gasteiger partial charge in [0.15, 0.2) is 5.82 Å². The smallest absolute Gasteiger partial charge is 0.160 e. The van der Waals surface area contributed by atoms with Crippen molar-refractivity contribution in [2.24, 2.45) is 0 Å². The van der Waals surface area contributed by atoms with Crippen molar-refractivity contribution < 1.29 is 0 Å². The first-order chi connectivity index (χ1) is 29.0. The Kier molecular flexibility index (Phi) is 8.20. The monoisotopic (exact) mass is 752 g/mol. The lowest BCUT2D eigenvalue weighted by atomic mass is 9.80. The van der Waals surface area contributed by atoms with E-state index >= 15 is 0 Å². The van der Waals surface area contributed by atoms with Gasteiger partial charge in [0, 0.05) is 22.1 Å². The Bertz CT molecular complexity index is 3230. The van der Waals surface area contributed by atoms with Crippen LogP contribution in [0.3, 0.4) is 0 Å². The summed E-state index contributed by atoms with van der Waals surface area (Å²) in [7, 11) is 0. The molecule has 11 rings (SSSR count). The van der Waals surface area contributed by atoms with Gasteiger partial charge in [0.05, 0.1) is 11.4 Å². The highest BCUT2D eigenvalue weighted by atomic mass is 14.9. The summed E-state index contributed by atoms with van der Waals surface area (Å²) < 4.78 is 0. The lowest BCUT2D eigenvalue weighted by Crippen LogP contribution is -2.15. The predicted molar refractivity (Wildman–Crippen MR) is 247 cm³/mol. The maximum absolute atomic E-state index is 5.26. The first kappa shape index (κ1) is 34.8. The van der Waals surface area contributed by atoms with Gasteiger partial charge in [-0.1, -0.05) is 202 Å². The zero-order chi connectivity index (χ0) is 39.5. The molecule has 0 saturated carbocycles. The summed E-state index contributed by atoms with van der Waals surface area (Å²) in [6.07, 6.45) is 0. The lowest BCUT2D eigenvalue weighted by Gasteiger charge is -2.23. The van der Waals surface area contributed by atoms with E-state index in [9.17, 15) is 0 Å². The fourth-order valence-corrected chi connectivity index (χ4v) is 9.46. The van der Waals surface area contributed by atoms with Crippen molar-refractivity contribution >= 4 is 21.5 Å². The van der Waals surface area contributed by atoms with Gasteiger partial charge in [0.25, 0.3) is 0 Å². The molecule has 1 aliphatic rings. The Balaban J connectivity index is 1.04. The fourth-order valence-electron chi connectivity index (χ4n) is 9.46. The van der Waals surface area contributed by atoms with Gasteiger partial charge in [0.1, 0.15) is 0 Å². The van der Waals surface area contributed by atoms with E-state index in [1.54, 1.807) is 0 Å². The molecule has 59 heavy (non-hydrogen) atoms. The molecule has 278 valence electrons. The van der Waals surface area contributed by atoms with Gasteiger partial charge in [-0.2, -0.15) is 0 Å². The number of fused-ring (bicyclic) bond motifs is 6. The molecule has 0 atom stereocenters. The van der Waals surface area contributed by atoms with Gasteiger partial charge in [-0.25, -0.2) is 9.97 Å². The first-order valence-corrected chi connectivity index (χ1v) is 20.4. The Labute approximate surface area is 345 Å². The Morgan fingerprint density at radius 2 is 0.881 bits per heavy atom. The molecule has 0 fully saturated rings. The second-order valence-corrected chi connectivity index (χ2v) is 16.1. The second-order valence-electron chi connectivity index (χ2n) is 16.1. The van der Waals surface area contributed by atoms with Crippen LogP contribution in [-0.2, 0) is 5.41 Å². The fraction of sp³-hybridized carbons (Fsp3) is 0.0526. The van der Waals surface area contributed by atoms with Crippen LogP contribution in [0.1, 0.15) is 25.0 Å². The molecular weight excluding hydrogens is 713 g/mol. The highest BCUT2D eigenvalue weighted by Crippen LogP contribution is 2.54. The quantitative estimate of drug-likeness (QED) is 0.169. The molecule has 0 radical (unpaired) electrons. The van der Waals surface area contributed by atoms with Crippen molar-refractivity contribution in [1.29, 1.82) is 0 Å². The zero-order valence-electron chi connectivity index (χ0n) is 33.0. The number of hydrogen-bond donors (Lipinski definition) is 0. The number of rotatable bonds is 6. The molecule has 0 saturated heterocycles. The van der Waals surface area contributed by atoms with E-state index in [-0.39, 0.29) is 5.41 Å². The molecule has 1 aromatic heterocycles. The van der Waals surface area contributed by atoms with Gasteiger partial charge in [-0.05, 0) is 95.4 Å². The standard InChI is InChI=1S/C57H40N2/c1-57(2)51-29-15-28-45(54(51)50-31-30-38-18-9-10-25-46(38)55(50)57)42-23-14-22-41(35-42)44-32-33-49(48-27-12-11-26-47(44)48)53-36-52(58-56(59-53)39-19-7-4-8-20-39)43-24-13-21-40(34-43)37-16-5-3-6-17-37/h3-36H,1-2H3. The summed E-state index contributed by atoms with van der Waals surface area (Å²) in [5, 5.41) is 4.97. The Morgan fingerprint density at radius 1 is 0.339 bits per heavy atom. The van der Waals surface area contributed by atoms with E-state index in [0.29, 0.717) is 5.82 Å². The molecule has 10 aromatic rings. The topological polar surface area (TPSA) is 25.8 Å². The Morgan fingerprint density at radius 3 is 1.66 bits per heavy atom. The molecule has 2 heteroatoms. The van der Waals surface area contributed by atoms with Gasteiger partial charge in [0.2, 0.25) is 0 Å². The molecule has 0 spiro atoms. The van der Waals surface area contributed by atoms with Gasteiger partial charge in [-0.3, -0.25) is 0 Å². The third-order valence-corrected chi connectivity index (χ3v) is 12.3. The van der Waals surface area contributed by atoms with E-state index < -0.39 is 0 Å². The summed E-state index contributed by atoms with van der Waals surface area (Å²) in [6, 6.07) is 74.3. The molecule has 0 aliphatic heterocycles. The van der Waals surface area contributed by atoms with Crippen LogP contribution in [0.15, 0.2) is 206 Å².